The van der Waals surface area contributed by atoms with Crippen LogP contribution in [0.25, 0.3) is 27.7 Å². The van der Waals surface area contributed by atoms with Gasteiger partial charge in [-0.25, -0.2) is 4.52 Å². The zero-order valence-corrected chi connectivity index (χ0v) is 13.1. The van der Waals surface area contributed by atoms with Gasteiger partial charge in [0.1, 0.15) is 0 Å². The van der Waals surface area contributed by atoms with Gasteiger partial charge >= 0.3 is 6.18 Å². The second-order valence-corrected chi connectivity index (χ2v) is 5.93. The van der Waals surface area contributed by atoms with E-state index in [2.05, 4.69) is 15.3 Å². The van der Waals surface area contributed by atoms with Gasteiger partial charge in [-0.3, -0.25) is 5.10 Å². The van der Waals surface area contributed by atoms with Gasteiger partial charge in [0.05, 0.1) is 27.9 Å². The van der Waals surface area contributed by atoms with Gasteiger partial charge in [-0.05, 0) is 36.8 Å². The fraction of sp³-hybridized carbons (Fsp3) is 0.125. The van der Waals surface area contributed by atoms with E-state index in [-0.39, 0.29) is 0 Å². The molecule has 0 saturated carbocycles. The third-order valence-corrected chi connectivity index (χ3v) is 4.19. The van der Waals surface area contributed by atoms with E-state index in [1.807, 2.05) is 13.0 Å². The molecule has 0 bridgehead atoms. The standard InChI is InChI=1S/C16H10ClF3N4/c1-8-2-3-11-6-13(16(18,19)20)23-24(11)15(8)9-4-10-7-21-22-14(10)12(17)5-9/h2-7H,1H3,(H,21,22). The fourth-order valence-electron chi connectivity index (χ4n) is 2.79. The molecule has 0 radical (unpaired) electrons. The minimum absolute atomic E-state index is 0.367. The summed E-state index contributed by atoms with van der Waals surface area (Å²) in [5.74, 6) is 0. The Balaban J connectivity index is 2.03. The van der Waals surface area contributed by atoms with Crippen molar-refractivity contribution >= 4 is 28.0 Å². The number of fused-ring (bicyclic) bond motifs is 2. The summed E-state index contributed by atoms with van der Waals surface area (Å²) in [6, 6.07) is 7.92. The molecule has 8 heteroatoms. The van der Waals surface area contributed by atoms with Crippen molar-refractivity contribution in [1.82, 2.24) is 19.8 Å². The molecule has 4 rings (SSSR count). The third kappa shape index (κ3) is 2.24. The van der Waals surface area contributed by atoms with Gasteiger partial charge in [-0.15, -0.1) is 0 Å². The van der Waals surface area contributed by atoms with Crippen LogP contribution in [0.5, 0.6) is 0 Å². The summed E-state index contributed by atoms with van der Waals surface area (Å²) >= 11 is 6.25. The van der Waals surface area contributed by atoms with Gasteiger partial charge in [-0.2, -0.15) is 23.4 Å². The number of aromatic amines is 1. The van der Waals surface area contributed by atoms with Crippen LogP contribution in [0.4, 0.5) is 13.2 Å². The number of nitrogens with zero attached hydrogens (tertiary/aromatic N) is 3. The average molecular weight is 351 g/mol. The zero-order valence-electron chi connectivity index (χ0n) is 12.3. The fourth-order valence-corrected chi connectivity index (χ4v) is 3.06. The summed E-state index contributed by atoms with van der Waals surface area (Å²) in [4.78, 5) is 0. The predicted molar refractivity (Wildman–Crippen MR) is 85.0 cm³/mol. The molecule has 3 heterocycles. The molecule has 1 aromatic carbocycles. The Hall–Kier alpha value is -2.54. The van der Waals surface area contributed by atoms with Crippen molar-refractivity contribution in [2.45, 2.75) is 13.1 Å². The van der Waals surface area contributed by atoms with Crippen LogP contribution < -0.4 is 0 Å². The van der Waals surface area contributed by atoms with Gasteiger partial charge in [-0.1, -0.05) is 17.7 Å². The lowest BCUT2D eigenvalue weighted by atomic mass is 10.0. The Kier molecular flexibility index (Phi) is 3.11. The van der Waals surface area contributed by atoms with Gasteiger partial charge in [0.25, 0.3) is 0 Å². The van der Waals surface area contributed by atoms with Crippen molar-refractivity contribution in [2.24, 2.45) is 0 Å². The van der Waals surface area contributed by atoms with E-state index >= 15 is 0 Å². The van der Waals surface area contributed by atoms with E-state index in [4.69, 9.17) is 11.6 Å². The smallest absolute Gasteiger partial charge is 0.276 e. The van der Waals surface area contributed by atoms with Gasteiger partial charge < -0.3 is 0 Å². The Morgan fingerprint density at radius 2 is 1.96 bits per heavy atom. The summed E-state index contributed by atoms with van der Waals surface area (Å²) in [7, 11) is 0. The van der Waals surface area contributed by atoms with Crippen LogP contribution >= 0.6 is 11.6 Å². The first kappa shape index (κ1) is 15.0. The first-order valence-electron chi connectivity index (χ1n) is 7.04. The lowest BCUT2D eigenvalue weighted by Crippen LogP contribution is -2.06. The molecule has 0 aliphatic heterocycles. The lowest BCUT2D eigenvalue weighted by molar-refractivity contribution is -0.141. The molecule has 0 saturated heterocycles. The summed E-state index contributed by atoms with van der Waals surface area (Å²) in [5.41, 5.74) is 2.15. The number of benzene rings is 1. The second-order valence-electron chi connectivity index (χ2n) is 5.52. The molecule has 122 valence electrons. The lowest BCUT2D eigenvalue weighted by Gasteiger charge is -2.10. The van der Waals surface area contributed by atoms with E-state index in [1.54, 1.807) is 24.4 Å². The largest absolute Gasteiger partial charge is 0.435 e. The zero-order chi connectivity index (χ0) is 17.1. The number of nitrogens with one attached hydrogen (secondary N) is 1. The summed E-state index contributed by atoms with van der Waals surface area (Å²) in [6.07, 6.45) is -2.88. The Labute approximate surface area is 138 Å². The number of aryl methyl sites for hydroxylation is 1. The molecule has 0 atom stereocenters. The number of pyridine rings is 1. The molecular formula is C16H10ClF3N4. The number of rotatable bonds is 1. The maximum absolute atomic E-state index is 13.0. The highest BCUT2D eigenvalue weighted by Gasteiger charge is 2.34. The van der Waals surface area contributed by atoms with Crippen LogP contribution in [0.2, 0.25) is 5.02 Å². The Morgan fingerprint density at radius 1 is 1.17 bits per heavy atom. The molecule has 4 nitrogen and oxygen atoms in total. The molecule has 1 N–H and O–H groups in total. The highest BCUT2D eigenvalue weighted by atomic mass is 35.5. The van der Waals surface area contributed by atoms with Crippen molar-refractivity contribution in [3.63, 3.8) is 0 Å². The molecule has 0 spiro atoms. The van der Waals surface area contributed by atoms with Crippen molar-refractivity contribution in [3.8, 4) is 11.3 Å². The van der Waals surface area contributed by atoms with Crippen LogP contribution in [0, 0.1) is 6.92 Å². The second kappa shape index (κ2) is 4.98. The van der Waals surface area contributed by atoms with Gasteiger partial charge in [0, 0.05) is 10.9 Å². The third-order valence-electron chi connectivity index (χ3n) is 3.89. The minimum Gasteiger partial charge on any atom is -0.276 e. The highest BCUT2D eigenvalue weighted by Crippen LogP contribution is 2.34. The number of H-pyrrole nitrogens is 1. The topological polar surface area (TPSA) is 46.0 Å². The Morgan fingerprint density at radius 3 is 2.71 bits per heavy atom. The molecule has 0 aliphatic carbocycles. The number of alkyl halides is 3. The van der Waals surface area contributed by atoms with Crippen LogP contribution in [0.1, 0.15) is 11.3 Å². The summed E-state index contributed by atoms with van der Waals surface area (Å²) < 4.78 is 40.2. The molecule has 4 aromatic rings. The summed E-state index contributed by atoms with van der Waals surface area (Å²) in [5, 5.41) is 11.7. The molecule has 24 heavy (non-hydrogen) atoms. The van der Waals surface area contributed by atoms with E-state index in [1.165, 1.54) is 4.52 Å². The van der Waals surface area contributed by atoms with E-state index < -0.39 is 11.9 Å². The van der Waals surface area contributed by atoms with Crippen molar-refractivity contribution < 1.29 is 13.2 Å². The molecular weight excluding hydrogens is 341 g/mol. The maximum Gasteiger partial charge on any atom is 0.435 e. The van der Waals surface area contributed by atoms with Crippen molar-refractivity contribution in [3.05, 3.63) is 52.8 Å². The highest BCUT2D eigenvalue weighted by molar-refractivity contribution is 6.35. The first-order chi connectivity index (χ1) is 11.3. The van der Waals surface area contributed by atoms with E-state index in [0.717, 1.165) is 17.0 Å². The Bertz CT molecular complexity index is 1080. The van der Waals surface area contributed by atoms with Crippen molar-refractivity contribution in [1.29, 1.82) is 0 Å². The van der Waals surface area contributed by atoms with Crippen LogP contribution in [0.3, 0.4) is 0 Å². The maximum atomic E-state index is 13.0. The number of hydrogen-bond donors (Lipinski definition) is 1. The predicted octanol–water partition coefficient (Wildman–Crippen LogP) is 4.86. The van der Waals surface area contributed by atoms with Crippen LogP contribution in [-0.4, -0.2) is 19.8 Å². The monoisotopic (exact) mass is 350 g/mol. The number of aromatic nitrogens is 4. The molecule has 3 aromatic heterocycles. The van der Waals surface area contributed by atoms with Crippen LogP contribution in [-0.2, 0) is 6.18 Å². The van der Waals surface area contributed by atoms with Gasteiger partial charge in [0.15, 0.2) is 5.69 Å². The molecule has 0 fully saturated rings. The molecule has 0 aliphatic rings. The minimum atomic E-state index is -4.50. The average Bonchev–Trinajstić information content (AvgIpc) is 3.12. The SMILES string of the molecule is Cc1ccc2cc(C(F)(F)F)nn2c1-c1cc(Cl)c2[nH]ncc2c1. The van der Waals surface area contributed by atoms with E-state index in [0.29, 0.717) is 27.3 Å². The van der Waals surface area contributed by atoms with Crippen LogP contribution in [0.15, 0.2) is 36.5 Å². The molecule has 0 unspecified atom stereocenters. The summed E-state index contributed by atoms with van der Waals surface area (Å²) in [6.45, 7) is 1.82. The normalized spacial score (nSPS) is 12.4. The quantitative estimate of drug-likeness (QED) is 0.533. The van der Waals surface area contributed by atoms with E-state index in [9.17, 15) is 13.2 Å². The molecule has 0 amide bonds. The van der Waals surface area contributed by atoms with Gasteiger partial charge in [0.2, 0.25) is 0 Å². The number of halogens is 4. The number of hydrogen-bond acceptors (Lipinski definition) is 2. The van der Waals surface area contributed by atoms with Crippen molar-refractivity contribution in [2.75, 3.05) is 0 Å². The first-order valence-corrected chi connectivity index (χ1v) is 7.42.